The zero-order valence-electron chi connectivity index (χ0n) is 12.9. The smallest absolute Gasteiger partial charge is 0.311 e. The number of benzene rings is 2. The van der Waals surface area contributed by atoms with E-state index in [0.717, 1.165) is 11.1 Å². The van der Waals surface area contributed by atoms with E-state index in [1.165, 1.54) is 6.07 Å². The summed E-state index contributed by atoms with van der Waals surface area (Å²) in [5.74, 6) is 0.726. The Bertz CT molecular complexity index is 686. The van der Waals surface area contributed by atoms with Crippen LogP contribution in [-0.2, 0) is 6.42 Å². The molecule has 7 N–H and O–H groups in total. The van der Waals surface area contributed by atoms with Crippen LogP contribution in [0.15, 0.2) is 42.5 Å². The summed E-state index contributed by atoms with van der Waals surface area (Å²) < 4.78 is 5.64. The number of nitrogens with zero attached hydrogens (tertiary/aromatic N) is 1. The molecular formula is C16H21N3O4+2. The summed E-state index contributed by atoms with van der Waals surface area (Å²) in [5, 5.41) is 20.4. The second-order valence-electron chi connectivity index (χ2n) is 5.51. The number of hydrogen-bond donors (Lipinski definition) is 3. The number of rotatable bonds is 6. The Morgan fingerprint density at radius 2 is 1.87 bits per heavy atom. The number of hydrogen-bond acceptors (Lipinski definition) is 4. The molecule has 0 saturated heterocycles. The van der Waals surface area contributed by atoms with Crippen molar-refractivity contribution in [2.24, 2.45) is 0 Å². The van der Waals surface area contributed by atoms with Gasteiger partial charge in [0, 0.05) is 12.5 Å². The molecule has 0 heterocycles. The molecule has 0 amide bonds. The van der Waals surface area contributed by atoms with Crippen LogP contribution in [0.5, 0.6) is 11.5 Å². The van der Waals surface area contributed by atoms with E-state index in [9.17, 15) is 15.2 Å². The molecule has 0 aliphatic carbocycles. The van der Waals surface area contributed by atoms with Crippen molar-refractivity contribution in [1.82, 2.24) is 0 Å². The molecule has 23 heavy (non-hydrogen) atoms. The minimum absolute atomic E-state index is 0.0716. The zero-order valence-corrected chi connectivity index (χ0v) is 12.9. The van der Waals surface area contributed by atoms with E-state index in [1.54, 1.807) is 24.3 Å². The number of quaternary nitrogens is 2. The summed E-state index contributed by atoms with van der Waals surface area (Å²) in [6.45, 7) is 1.85. The molecule has 2 aromatic carbocycles. The molecule has 0 saturated carbocycles. The highest BCUT2D eigenvalue weighted by Gasteiger charge is 2.18. The van der Waals surface area contributed by atoms with Crippen molar-refractivity contribution in [2.75, 3.05) is 0 Å². The Morgan fingerprint density at radius 1 is 1.22 bits per heavy atom. The van der Waals surface area contributed by atoms with E-state index >= 15 is 0 Å². The lowest BCUT2D eigenvalue weighted by atomic mass is 10.1. The lowest BCUT2D eigenvalue weighted by molar-refractivity contribution is -0.571. The van der Waals surface area contributed by atoms with E-state index in [2.05, 4.69) is 11.5 Å². The first-order valence-corrected chi connectivity index (χ1v) is 7.23. The molecule has 0 spiro atoms. The quantitative estimate of drug-likeness (QED) is 0.404. The third-order valence-corrected chi connectivity index (χ3v) is 3.51. The van der Waals surface area contributed by atoms with Crippen LogP contribution in [0.4, 0.5) is 5.69 Å². The van der Waals surface area contributed by atoms with Gasteiger partial charge < -0.3 is 21.3 Å². The normalized spacial score (nSPS) is 13.4. The van der Waals surface area contributed by atoms with Crippen molar-refractivity contribution in [2.45, 2.75) is 25.6 Å². The van der Waals surface area contributed by atoms with E-state index in [4.69, 9.17) is 4.74 Å². The van der Waals surface area contributed by atoms with Crippen LogP contribution in [0, 0.1) is 17.0 Å². The predicted octanol–water partition coefficient (Wildman–Crippen LogP) is 0.409. The summed E-state index contributed by atoms with van der Waals surface area (Å²) in [5.41, 5.74) is 9.19. The van der Waals surface area contributed by atoms with E-state index in [1.807, 2.05) is 19.1 Å². The first-order valence-electron chi connectivity index (χ1n) is 7.23. The molecule has 2 aromatic rings. The SMILES string of the molecule is Cc1ccc([N+](=O)[O-])c(Oc2ccc(C[C@@H]([NH3+])[C@H]([NH3+])O)cc2)c1. The summed E-state index contributed by atoms with van der Waals surface area (Å²) in [6.07, 6.45) is -0.129. The van der Waals surface area contributed by atoms with Gasteiger partial charge in [-0.25, -0.2) is 0 Å². The Kier molecular flexibility index (Phi) is 5.28. The topological polar surface area (TPSA) is 128 Å². The molecule has 2 atom stereocenters. The fourth-order valence-corrected chi connectivity index (χ4v) is 2.11. The predicted molar refractivity (Wildman–Crippen MR) is 83.6 cm³/mol. The number of ether oxygens (including phenoxy) is 1. The highest BCUT2D eigenvalue weighted by molar-refractivity contribution is 5.50. The lowest BCUT2D eigenvalue weighted by Crippen LogP contribution is -2.80. The molecule has 0 radical (unpaired) electrons. The van der Waals surface area contributed by atoms with Gasteiger partial charge in [-0.05, 0) is 36.2 Å². The van der Waals surface area contributed by atoms with Gasteiger partial charge in [0.25, 0.3) is 0 Å². The highest BCUT2D eigenvalue weighted by Crippen LogP contribution is 2.32. The Balaban J connectivity index is 2.15. The molecule has 0 bridgehead atoms. The van der Waals surface area contributed by atoms with E-state index in [-0.39, 0.29) is 17.5 Å². The average molecular weight is 319 g/mol. The first-order chi connectivity index (χ1) is 10.9. The number of nitro groups is 1. The molecular weight excluding hydrogens is 298 g/mol. The van der Waals surface area contributed by atoms with Gasteiger partial charge in [-0.3, -0.25) is 10.1 Å². The maximum Gasteiger partial charge on any atom is 0.311 e. The summed E-state index contributed by atoms with van der Waals surface area (Å²) >= 11 is 0. The van der Waals surface area contributed by atoms with Crippen molar-refractivity contribution < 1.29 is 26.2 Å². The average Bonchev–Trinajstić information content (AvgIpc) is 2.49. The highest BCUT2D eigenvalue weighted by atomic mass is 16.6. The van der Waals surface area contributed by atoms with Crippen molar-refractivity contribution in [3.05, 3.63) is 63.7 Å². The molecule has 122 valence electrons. The second-order valence-corrected chi connectivity index (χ2v) is 5.51. The number of nitro benzene ring substituents is 1. The third kappa shape index (κ3) is 4.49. The Morgan fingerprint density at radius 3 is 2.43 bits per heavy atom. The fraction of sp³-hybridized carbons (Fsp3) is 0.250. The Hall–Kier alpha value is -2.48. The van der Waals surface area contributed by atoms with E-state index < -0.39 is 11.2 Å². The van der Waals surface area contributed by atoms with Crippen molar-refractivity contribution in [3.8, 4) is 11.5 Å². The van der Waals surface area contributed by atoms with Crippen LogP contribution in [0.2, 0.25) is 0 Å². The van der Waals surface area contributed by atoms with Crippen LogP contribution in [0.3, 0.4) is 0 Å². The number of aryl methyl sites for hydroxylation is 1. The van der Waals surface area contributed by atoms with Crippen molar-refractivity contribution in [3.63, 3.8) is 0 Å². The number of aliphatic hydroxyl groups excluding tert-OH is 1. The van der Waals surface area contributed by atoms with Gasteiger partial charge in [0.05, 0.1) is 4.92 Å². The van der Waals surface area contributed by atoms with E-state index in [0.29, 0.717) is 12.2 Å². The van der Waals surface area contributed by atoms with Gasteiger partial charge in [-0.1, -0.05) is 18.2 Å². The van der Waals surface area contributed by atoms with Gasteiger partial charge in [0.1, 0.15) is 5.75 Å². The first kappa shape index (κ1) is 16.9. The number of aliphatic hydroxyl groups is 1. The second kappa shape index (κ2) is 7.19. The monoisotopic (exact) mass is 319 g/mol. The molecule has 0 unspecified atom stereocenters. The van der Waals surface area contributed by atoms with Crippen LogP contribution in [-0.4, -0.2) is 22.3 Å². The maximum atomic E-state index is 11.1. The largest absolute Gasteiger partial charge is 0.450 e. The minimum Gasteiger partial charge on any atom is -0.450 e. The minimum atomic E-state index is -0.721. The van der Waals surface area contributed by atoms with Crippen LogP contribution < -0.4 is 16.2 Å². The summed E-state index contributed by atoms with van der Waals surface area (Å²) in [6, 6.07) is 11.7. The molecule has 0 aliphatic heterocycles. The van der Waals surface area contributed by atoms with Gasteiger partial charge >= 0.3 is 5.69 Å². The fourth-order valence-electron chi connectivity index (χ4n) is 2.11. The van der Waals surface area contributed by atoms with Crippen LogP contribution in [0.25, 0.3) is 0 Å². The standard InChI is InChI=1S/C16H19N3O4/c1-10-2-7-14(19(21)22)15(8-10)23-12-5-3-11(4-6-12)9-13(17)16(18)20/h2-8,13,16,20H,9,17-18H2,1H3/p+2/t13-,16-/m1/s1. The van der Waals surface area contributed by atoms with Crippen molar-refractivity contribution >= 4 is 5.69 Å². The zero-order chi connectivity index (χ0) is 17.0. The van der Waals surface area contributed by atoms with Gasteiger partial charge in [0.15, 0.2) is 6.04 Å². The molecule has 7 heteroatoms. The third-order valence-electron chi connectivity index (χ3n) is 3.51. The molecule has 7 nitrogen and oxygen atoms in total. The molecule has 0 aromatic heterocycles. The maximum absolute atomic E-state index is 11.1. The van der Waals surface area contributed by atoms with Gasteiger partial charge in [-0.15, -0.1) is 0 Å². The van der Waals surface area contributed by atoms with Gasteiger partial charge in [-0.2, -0.15) is 0 Å². The van der Waals surface area contributed by atoms with Crippen LogP contribution in [0.1, 0.15) is 11.1 Å². The van der Waals surface area contributed by atoms with Gasteiger partial charge in [0.2, 0.25) is 12.0 Å². The summed E-state index contributed by atoms with van der Waals surface area (Å²) in [4.78, 5) is 10.6. The molecule has 2 rings (SSSR count). The summed E-state index contributed by atoms with van der Waals surface area (Å²) in [7, 11) is 0. The molecule has 0 aliphatic rings. The lowest BCUT2D eigenvalue weighted by Gasteiger charge is -2.10. The van der Waals surface area contributed by atoms with Crippen molar-refractivity contribution in [1.29, 1.82) is 0 Å². The van der Waals surface area contributed by atoms with Crippen LogP contribution >= 0.6 is 0 Å². The molecule has 0 fully saturated rings. The Labute approximate surface area is 133 Å².